The molecule has 0 radical (unpaired) electrons. The zero-order valence-corrected chi connectivity index (χ0v) is 7.78. The monoisotopic (exact) mass is 226 g/mol. The van der Waals surface area contributed by atoms with E-state index in [-0.39, 0.29) is 0 Å². The lowest BCUT2D eigenvalue weighted by Crippen LogP contribution is -2.05. The third-order valence-corrected chi connectivity index (χ3v) is 1.62. The smallest absolute Gasteiger partial charge is 0.241 e. The van der Waals surface area contributed by atoms with Crippen LogP contribution in [-0.4, -0.2) is 10.9 Å². The van der Waals surface area contributed by atoms with Crippen LogP contribution < -0.4 is 5.73 Å². The summed E-state index contributed by atoms with van der Waals surface area (Å²) in [6, 6.07) is 3.57. The van der Waals surface area contributed by atoms with E-state index >= 15 is 0 Å². The Kier molecular flexibility index (Phi) is 2.99. The van der Waals surface area contributed by atoms with Gasteiger partial charge in [0, 0.05) is 12.3 Å². The molecule has 0 aromatic carbocycles. The highest BCUT2D eigenvalue weighted by Crippen LogP contribution is 2.08. The lowest BCUT2D eigenvalue weighted by Gasteiger charge is -1.91. The standard InChI is InChI=1S/C8H7BrN2O/c9-7-5-6(3-4-11-7)1-2-8(10)12/h1-5H,(H2,10,12). The molecular formula is C8H7BrN2O. The molecule has 1 aromatic heterocycles. The molecule has 0 unspecified atom stereocenters. The predicted octanol–water partition coefficient (Wildman–Crippen LogP) is 1.34. The van der Waals surface area contributed by atoms with Crippen molar-refractivity contribution >= 4 is 27.9 Å². The Balaban J connectivity index is 2.83. The number of primary amides is 1. The van der Waals surface area contributed by atoms with E-state index in [1.54, 1.807) is 24.4 Å². The minimum Gasteiger partial charge on any atom is -0.366 e. The number of aromatic nitrogens is 1. The predicted molar refractivity (Wildman–Crippen MR) is 50.2 cm³/mol. The normalized spacial score (nSPS) is 10.4. The summed E-state index contributed by atoms with van der Waals surface area (Å²) in [4.78, 5) is 14.3. The second-order valence-electron chi connectivity index (χ2n) is 2.15. The SMILES string of the molecule is NC(=O)C=Cc1ccnc(Br)c1. The number of carbonyl (C=O) groups excluding carboxylic acids is 1. The van der Waals surface area contributed by atoms with Crippen LogP contribution in [0.2, 0.25) is 0 Å². The molecule has 0 fully saturated rings. The van der Waals surface area contributed by atoms with Gasteiger partial charge in [0.1, 0.15) is 4.60 Å². The molecule has 12 heavy (non-hydrogen) atoms. The molecule has 0 aliphatic carbocycles. The molecule has 0 saturated carbocycles. The van der Waals surface area contributed by atoms with E-state index in [0.29, 0.717) is 0 Å². The highest BCUT2D eigenvalue weighted by atomic mass is 79.9. The Labute approximate surface area is 78.4 Å². The van der Waals surface area contributed by atoms with Crippen LogP contribution in [0, 0.1) is 0 Å². The number of rotatable bonds is 2. The summed E-state index contributed by atoms with van der Waals surface area (Å²) in [5, 5.41) is 0. The maximum absolute atomic E-state index is 10.4. The Morgan fingerprint density at radius 2 is 2.42 bits per heavy atom. The molecule has 2 N–H and O–H groups in total. The molecule has 3 nitrogen and oxygen atoms in total. The number of nitrogens with two attached hydrogens (primary N) is 1. The molecule has 1 heterocycles. The third kappa shape index (κ3) is 2.84. The van der Waals surface area contributed by atoms with Crippen LogP contribution >= 0.6 is 15.9 Å². The minimum absolute atomic E-state index is 0.456. The van der Waals surface area contributed by atoms with Gasteiger partial charge in [-0.15, -0.1) is 0 Å². The fourth-order valence-corrected chi connectivity index (χ4v) is 1.08. The first-order valence-electron chi connectivity index (χ1n) is 3.27. The van der Waals surface area contributed by atoms with Crippen molar-refractivity contribution in [1.82, 2.24) is 4.98 Å². The molecule has 1 rings (SSSR count). The number of nitrogens with zero attached hydrogens (tertiary/aromatic N) is 1. The van der Waals surface area contributed by atoms with Crippen molar-refractivity contribution in [1.29, 1.82) is 0 Å². The van der Waals surface area contributed by atoms with E-state index < -0.39 is 5.91 Å². The lowest BCUT2D eigenvalue weighted by molar-refractivity contribution is -0.113. The molecule has 0 saturated heterocycles. The van der Waals surface area contributed by atoms with Gasteiger partial charge in [0.15, 0.2) is 0 Å². The largest absolute Gasteiger partial charge is 0.366 e. The molecule has 0 spiro atoms. The molecule has 1 aromatic rings. The van der Waals surface area contributed by atoms with E-state index in [4.69, 9.17) is 5.73 Å². The van der Waals surface area contributed by atoms with Crippen LogP contribution in [0.25, 0.3) is 6.08 Å². The van der Waals surface area contributed by atoms with E-state index in [9.17, 15) is 4.79 Å². The van der Waals surface area contributed by atoms with Crippen LogP contribution in [0.5, 0.6) is 0 Å². The highest BCUT2D eigenvalue weighted by Gasteiger charge is 1.89. The van der Waals surface area contributed by atoms with Crippen molar-refractivity contribution in [3.8, 4) is 0 Å². The molecule has 1 amide bonds. The second-order valence-corrected chi connectivity index (χ2v) is 2.96. The molecule has 0 atom stereocenters. The first-order valence-corrected chi connectivity index (χ1v) is 4.07. The minimum atomic E-state index is -0.456. The van der Waals surface area contributed by atoms with Gasteiger partial charge in [0.05, 0.1) is 0 Å². The third-order valence-electron chi connectivity index (χ3n) is 1.19. The van der Waals surface area contributed by atoms with Crippen molar-refractivity contribution in [3.05, 3.63) is 34.6 Å². The Bertz CT molecular complexity index is 323. The Morgan fingerprint density at radius 3 is 3.00 bits per heavy atom. The van der Waals surface area contributed by atoms with Crippen molar-refractivity contribution in [2.24, 2.45) is 5.73 Å². The molecule has 62 valence electrons. The number of hydrogen-bond donors (Lipinski definition) is 1. The van der Waals surface area contributed by atoms with Gasteiger partial charge in [-0.25, -0.2) is 4.98 Å². The van der Waals surface area contributed by atoms with E-state index in [1.807, 2.05) is 0 Å². The summed E-state index contributed by atoms with van der Waals surface area (Å²) in [5.41, 5.74) is 5.81. The second kappa shape index (κ2) is 4.01. The summed E-state index contributed by atoms with van der Waals surface area (Å²) < 4.78 is 0.731. The average Bonchev–Trinajstić information content (AvgIpc) is 2.01. The summed E-state index contributed by atoms with van der Waals surface area (Å²) in [5.74, 6) is -0.456. The number of hydrogen-bond acceptors (Lipinski definition) is 2. The van der Waals surface area contributed by atoms with Crippen LogP contribution in [-0.2, 0) is 4.79 Å². The topological polar surface area (TPSA) is 56.0 Å². The van der Waals surface area contributed by atoms with Crippen LogP contribution in [0.1, 0.15) is 5.56 Å². The van der Waals surface area contributed by atoms with Crippen molar-refractivity contribution in [2.45, 2.75) is 0 Å². The van der Waals surface area contributed by atoms with Gasteiger partial charge in [-0.1, -0.05) is 0 Å². The maximum Gasteiger partial charge on any atom is 0.241 e. The fourth-order valence-electron chi connectivity index (χ4n) is 0.699. The van der Waals surface area contributed by atoms with Crippen LogP contribution in [0.4, 0.5) is 0 Å². The van der Waals surface area contributed by atoms with Gasteiger partial charge in [-0.05, 0) is 39.7 Å². The van der Waals surface area contributed by atoms with E-state index in [1.165, 1.54) is 6.08 Å². The fraction of sp³-hybridized carbons (Fsp3) is 0. The molecular weight excluding hydrogens is 220 g/mol. The Morgan fingerprint density at radius 1 is 1.67 bits per heavy atom. The number of carbonyl (C=O) groups is 1. The van der Waals surface area contributed by atoms with Crippen LogP contribution in [0.15, 0.2) is 29.0 Å². The van der Waals surface area contributed by atoms with Gasteiger partial charge >= 0.3 is 0 Å². The van der Waals surface area contributed by atoms with Crippen molar-refractivity contribution in [3.63, 3.8) is 0 Å². The van der Waals surface area contributed by atoms with Crippen LogP contribution in [0.3, 0.4) is 0 Å². The summed E-state index contributed by atoms with van der Waals surface area (Å²) in [6.07, 6.45) is 4.58. The molecule has 0 aliphatic rings. The number of pyridine rings is 1. The Hall–Kier alpha value is -1.16. The van der Waals surface area contributed by atoms with E-state index in [2.05, 4.69) is 20.9 Å². The summed E-state index contributed by atoms with van der Waals surface area (Å²) in [7, 11) is 0. The first-order chi connectivity index (χ1) is 5.68. The summed E-state index contributed by atoms with van der Waals surface area (Å²) >= 11 is 3.21. The summed E-state index contributed by atoms with van der Waals surface area (Å²) in [6.45, 7) is 0. The molecule has 0 bridgehead atoms. The van der Waals surface area contributed by atoms with Gasteiger partial charge in [0.2, 0.25) is 5.91 Å². The van der Waals surface area contributed by atoms with E-state index in [0.717, 1.165) is 10.2 Å². The van der Waals surface area contributed by atoms with Crippen molar-refractivity contribution < 1.29 is 4.79 Å². The molecule has 4 heteroatoms. The number of halogens is 1. The highest BCUT2D eigenvalue weighted by molar-refractivity contribution is 9.10. The van der Waals surface area contributed by atoms with Gasteiger partial charge in [-0.2, -0.15) is 0 Å². The number of amides is 1. The first kappa shape index (κ1) is 8.93. The molecule has 0 aliphatic heterocycles. The van der Waals surface area contributed by atoms with Gasteiger partial charge in [0.25, 0.3) is 0 Å². The van der Waals surface area contributed by atoms with Gasteiger partial charge < -0.3 is 5.73 Å². The lowest BCUT2D eigenvalue weighted by atomic mass is 10.2. The van der Waals surface area contributed by atoms with Gasteiger partial charge in [-0.3, -0.25) is 4.79 Å². The quantitative estimate of drug-likeness (QED) is 0.612. The maximum atomic E-state index is 10.4. The zero-order valence-electron chi connectivity index (χ0n) is 6.20. The average molecular weight is 227 g/mol. The zero-order chi connectivity index (χ0) is 8.97. The van der Waals surface area contributed by atoms with Crippen molar-refractivity contribution in [2.75, 3.05) is 0 Å².